The van der Waals surface area contributed by atoms with E-state index in [1.54, 1.807) is 7.11 Å². The Balaban J connectivity index is 2.37. The predicted octanol–water partition coefficient (Wildman–Crippen LogP) is 1.88. The summed E-state index contributed by atoms with van der Waals surface area (Å²) in [5.74, 6) is 0. The molecule has 3 nitrogen and oxygen atoms in total. The first-order chi connectivity index (χ1) is 7.59. The van der Waals surface area contributed by atoms with Crippen LogP contribution >= 0.6 is 0 Å². The van der Waals surface area contributed by atoms with Gasteiger partial charge in [0.1, 0.15) is 0 Å². The first kappa shape index (κ1) is 13.9. The van der Waals surface area contributed by atoms with Gasteiger partial charge in [-0.3, -0.25) is 4.90 Å². The van der Waals surface area contributed by atoms with Gasteiger partial charge in [-0.1, -0.05) is 6.42 Å². The molecule has 1 unspecified atom stereocenters. The Morgan fingerprint density at radius 1 is 1.38 bits per heavy atom. The average Bonchev–Trinajstić information content (AvgIpc) is 2.28. The van der Waals surface area contributed by atoms with Crippen molar-refractivity contribution >= 4 is 0 Å². The molecule has 0 aromatic rings. The van der Waals surface area contributed by atoms with Crippen LogP contribution in [0, 0.1) is 0 Å². The normalized spacial score (nSPS) is 23.6. The third kappa shape index (κ3) is 4.40. The van der Waals surface area contributed by atoms with E-state index >= 15 is 0 Å². The quantitative estimate of drug-likeness (QED) is 0.751. The second-order valence-electron chi connectivity index (χ2n) is 5.46. The van der Waals surface area contributed by atoms with Gasteiger partial charge >= 0.3 is 0 Å². The van der Waals surface area contributed by atoms with Crippen molar-refractivity contribution in [2.75, 3.05) is 33.8 Å². The highest BCUT2D eigenvalue weighted by Gasteiger charge is 2.24. The van der Waals surface area contributed by atoms with Gasteiger partial charge in [-0.25, -0.2) is 0 Å². The summed E-state index contributed by atoms with van der Waals surface area (Å²) in [6.45, 7) is 7.88. The van der Waals surface area contributed by atoms with Crippen LogP contribution < -0.4 is 5.32 Å². The van der Waals surface area contributed by atoms with Crippen LogP contribution in [0.4, 0.5) is 0 Å². The van der Waals surface area contributed by atoms with Gasteiger partial charge in [0.15, 0.2) is 0 Å². The number of hydrogen-bond acceptors (Lipinski definition) is 3. The average molecular weight is 228 g/mol. The molecule has 1 rings (SSSR count). The molecule has 1 aliphatic rings. The highest BCUT2D eigenvalue weighted by molar-refractivity contribution is 4.80. The van der Waals surface area contributed by atoms with E-state index in [4.69, 9.17) is 4.74 Å². The van der Waals surface area contributed by atoms with Crippen molar-refractivity contribution < 1.29 is 4.74 Å². The van der Waals surface area contributed by atoms with Gasteiger partial charge in [0.05, 0.1) is 5.60 Å². The summed E-state index contributed by atoms with van der Waals surface area (Å²) >= 11 is 0. The highest BCUT2D eigenvalue weighted by Crippen LogP contribution is 2.20. The van der Waals surface area contributed by atoms with Crippen molar-refractivity contribution in [1.82, 2.24) is 10.2 Å². The van der Waals surface area contributed by atoms with Gasteiger partial charge in [-0.2, -0.15) is 0 Å². The van der Waals surface area contributed by atoms with E-state index in [1.165, 1.54) is 25.8 Å². The number of hydrogen-bond donors (Lipinski definition) is 1. The van der Waals surface area contributed by atoms with Crippen LogP contribution in [-0.4, -0.2) is 50.3 Å². The maximum atomic E-state index is 5.48. The van der Waals surface area contributed by atoms with E-state index in [0.29, 0.717) is 0 Å². The number of nitrogens with zero attached hydrogens (tertiary/aromatic N) is 1. The summed E-state index contributed by atoms with van der Waals surface area (Å²) in [5, 5.41) is 3.31. The summed E-state index contributed by atoms with van der Waals surface area (Å²) in [6, 6.07) is 0.728. The molecule has 96 valence electrons. The minimum absolute atomic E-state index is 0.0155. The fourth-order valence-corrected chi connectivity index (χ4v) is 2.34. The molecule has 3 heteroatoms. The molecule has 0 amide bonds. The van der Waals surface area contributed by atoms with E-state index in [0.717, 1.165) is 25.6 Å². The van der Waals surface area contributed by atoms with Crippen molar-refractivity contribution in [2.45, 2.75) is 51.2 Å². The minimum atomic E-state index is 0.0155. The molecular weight excluding hydrogens is 200 g/mol. The van der Waals surface area contributed by atoms with E-state index < -0.39 is 0 Å². The molecule has 0 aliphatic carbocycles. The number of ether oxygens (including phenoxy) is 1. The molecule has 1 N–H and O–H groups in total. The van der Waals surface area contributed by atoms with Crippen LogP contribution in [-0.2, 0) is 4.74 Å². The van der Waals surface area contributed by atoms with E-state index in [2.05, 4.69) is 24.1 Å². The van der Waals surface area contributed by atoms with Gasteiger partial charge in [0.2, 0.25) is 0 Å². The summed E-state index contributed by atoms with van der Waals surface area (Å²) in [6.07, 6.45) is 5.20. The van der Waals surface area contributed by atoms with E-state index in [9.17, 15) is 0 Å². The van der Waals surface area contributed by atoms with E-state index in [1.807, 2.05) is 7.05 Å². The Labute approximate surface area is 101 Å². The Morgan fingerprint density at radius 3 is 2.75 bits per heavy atom. The lowest BCUT2D eigenvalue weighted by atomic mass is 9.99. The zero-order valence-corrected chi connectivity index (χ0v) is 11.4. The van der Waals surface area contributed by atoms with Crippen LogP contribution in [0.25, 0.3) is 0 Å². The number of likely N-dealkylation sites (N-methyl/N-ethyl adjacent to an activating group) is 1. The lowest BCUT2D eigenvalue weighted by Gasteiger charge is -2.37. The molecule has 16 heavy (non-hydrogen) atoms. The molecule has 0 spiro atoms. The Bertz CT molecular complexity index is 192. The Morgan fingerprint density at radius 2 is 2.12 bits per heavy atom. The number of nitrogens with one attached hydrogen (secondary N) is 1. The maximum absolute atomic E-state index is 5.48. The topological polar surface area (TPSA) is 24.5 Å². The second-order valence-corrected chi connectivity index (χ2v) is 5.46. The van der Waals surface area contributed by atoms with Crippen LogP contribution in [0.1, 0.15) is 39.5 Å². The van der Waals surface area contributed by atoms with Crippen LogP contribution in [0.3, 0.4) is 0 Å². The number of rotatable bonds is 6. The molecule has 1 heterocycles. The van der Waals surface area contributed by atoms with Crippen LogP contribution in [0.2, 0.25) is 0 Å². The van der Waals surface area contributed by atoms with Crippen molar-refractivity contribution in [3.63, 3.8) is 0 Å². The van der Waals surface area contributed by atoms with Crippen LogP contribution in [0.5, 0.6) is 0 Å². The molecule has 0 radical (unpaired) electrons. The molecule has 0 bridgehead atoms. The predicted molar refractivity (Wildman–Crippen MR) is 68.8 cm³/mol. The lowest BCUT2D eigenvalue weighted by molar-refractivity contribution is 0.00109. The molecule has 1 atom stereocenters. The Hall–Kier alpha value is -0.120. The monoisotopic (exact) mass is 228 g/mol. The molecule has 0 aromatic carbocycles. The number of piperidine rings is 1. The third-order valence-electron chi connectivity index (χ3n) is 3.74. The number of likely N-dealkylation sites (tertiary alicyclic amines) is 1. The second kappa shape index (κ2) is 6.58. The van der Waals surface area contributed by atoms with Crippen molar-refractivity contribution in [2.24, 2.45) is 0 Å². The molecule has 0 saturated carbocycles. The summed E-state index contributed by atoms with van der Waals surface area (Å²) < 4.78 is 5.48. The Kier molecular flexibility index (Phi) is 5.73. The van der Waals surface area contributed by atoms with Crippen molar-refractivity contribution in [3.8, 4) is 0 Å². The zero-order valence-electron chi connectivity index (χ0n) is 11.4. The minimum Gasteiger partial charge on any atom is -0.379 e. The molecule has 0 aromatic heterocycles. The summed E-state index contributed by atoms with van der Waals surface area (Å²) in [4.78, 5) is 2.63. The maximum Gasteiger partial charge on any atom is 0.0634 e. The fourth-order valence-electron chi connectivity index (χ4n) is 2.34. The van der Waals surface area contributed by atoms with Gasteiger partial charge in [0.25, 0.3) is 0 Å². The molecule has 1 fully saturated rings. The van der Waals surface area contributed by atoms with E-state index in [-0.39, 0.29) is 5.60 Å². The SMILES string of the molecule is CNCC1CCCCN1CCC(C)(C)OC. The number of methoxy groups -OCH3 is 1. The van der Waals surface area contributed by atoms with Gasteiger partial charge in [0, 0.05) is 26.2 Å². The van der Waals surface area contributed by atoms with Gasteiger partial charge in [-0.15, -0.1) is 0 Å². The summed E-state index contributed by atoms with van der Waals surface area (Å²) in [5.41, 5.74) is 0.0155. The molecule has 1 saturated heterocycles. The lowest BCUT2D eigenvalue weighted by Crippen LogP contribution is -2.46. The molecule has 1 aliphatic heterocycles. The fraction of sp³-hybridized carbons (Fsp3) is 1.00. The summed E-state index contributed by atoms with van der Waals surface area (Å²) in [7, 11) is 3.85. The first-order valence-corrected chi connectivity index (χ1v) is 6.53. The first-order valence-electron chi connectivity index (χ1n) is 6.53. The van der Waals surface area contributed by atoms with Crippen molar-refractivity contribution in [1.29, 1.82) is 0 Å². The third-order valence-corrected chi connectivity index (χ3v) is 3.74. The smallest absolute Gasteiger partial charge is 0.0634 e. The van der Waals surface area contributed by atoms with Gasteiger partial charge < -0.3 is 10.1 Å². The largest absolute Gasteiger partial charge is 0.379 e. The molecular formula is C13H28N2O. The van der Waals surface area contributed by atoms with Crippen molar-refractivity contribution in [3.05, 3.63) is 0 Å². The van der Waals surface area contributed by atoms with Crippen LogP contribution in [0.15, 0.2) is 0 Å². The van der Waals surface area contributed by atoms with Gasteiger partial charge in [-0.05, 0) is 46.7 Å². The zero-order chi connectivity index (χ0) is 12.0. The highest BCUT2D eigenvalue weighted by atomic mass is 16.5. The standard InChI is InChI=1S/C13H28N2O/c1-13(2,16-4)8-10-15-9-6-5-7-12(15)11-14-3/h12,14H,5-11H2,1-4H3.